The highest BCUT2D eigenvalue weighted by Crippen LogP contribution is 2.45. The quantitative estimate of drug-likeness (QED) is 0.189. The summed E-state index contributed by atoms with van der Waals surface area (Å²) < 4.78 is 17.0. The van der Waals surface area contributed by atoms with Gasteiger partial charge in [0.15, 0.2) is 0 Å². The highest BCUT2D eigenvalue weighted by molar-refractivity contribution is 5.90. The summed E-state index contributed by atoms with van der Waals surface area (Å²) in [4.78, 5) is 25.3. The maximum Gasteiger partial charge on any atom is 0.338 e. The van der Waals surface area contributed by atoms with E-state index < -0.39 is 0 Å². The molecule has 0 aliphatic heterocycles. The number of esters is 2. The minimum atomic E-state index is -0.346. The van der Waals surface area contributed by atoms with Crippen molar-refractivity contribution in [3.05, 3.63) is 120 Å². The maximum absolute atomic E-state index is 12.7. The first-order valence-corrected chi connectivity index (χ1v) is 13.7. The Morgan fingerprint density at radius 3 is 1.60 bits per heavy atom. The predicted octanol–water partition coefficient (Wildman–Crippen LogP) is 7.32. The highest BCUT2D eigenvalue weighted by Gasteiger charge is 2.46. The molecule has 0 N–H and O–H groups in total. The third kappa shape index (κ3) is 6.67. The van der Waals surface area contributed by atoms with E-state index in [0.29, 0.717) is 17.7 Å². The summed E-state index contributed by atoms with van der Waals surface area (Å²) in [6.07, 6.45) is 0.833. The van der Waals surface area contributed by atoms with Crippen LogP contribution in [0.2, 0.25) is 0 Å². The van der Waals surface area contributed by atoms with Crippen LogP contribution in [0.25, 0.3) is 22.3 Å². The lowest BCUT2D eigenvalue weighted by Crippen LogP contribution is -2.29. The molecule has 0 radical (unpaired) electrons. The van der Waals surface area contributed by atoms with Crippen LogP contribution in [0.3, 0.4) is 0 Å². The Morgan fingerprint density at radius 2 is 1.12 bits per heavy atom. The normalized spacial score (nSPS) is 17.4. The molecule has 0 amide bonds. The smallest absolute Gasteiger partial charge is 0.338 e. The first kappa shape index (κ1) is 27.4. The van der Waals surface area contributed by atoms with Crippen LogP contribution >= 0.6 is 0 Å². The van der Waals surface area contributed by atoms with Gasteiger partial charge in [0.05, 0.1) is 30.4 Å². The number of hydrogen-bond acceptors (Lipinski definition) is 5. The van der Waals surface area contributed by atoms with Crippen molar-refractivity contribution in [2.75, 3.05) is 20.3 Å². The molecule has 4 atom stereocenters. The predicted molar refractivity (Wildman–Crippen MR) is 156 cm³/mol. The molecular formula is C35H34O5. The number of benzene rings is 4. The van der Waals surface area contributed by atoms with Crippen LogP contribution in [0.4, 0.5) is 0 Å². The number of carbonyl (C=O) groups excluding carboxylic acids is 2. The van der Waals surface area contributed by atoms with Crippen molar-refractivity contribution in [1.82, 2.24) is 0 Å². The zero-order chi connectivity index (χ0) is 27.9. The minimum Gasteiger partial charge on any atom is -0.462 e. The molecule has 5 rings (SSSR count). The van der Waals surface area contributed by atoms with Gasteiger partial charge >= 0.3 is 11.9 Å². The minimum absolute atomic E-state index is 0.00812. The van der Waals surface area contributed by atoms with Gasteiger partial charge in [0.25, 0.3) is 0 Å². The molecule has 1 saturated carbocycles. The van der Waals surface area contributed by atoms with Gasteiger partial charge < -0.3 is 14.2 Å². The summed E-state index contributed by atoms with van der Waals surface area (Å²) in [6.45, 7) is 2.63. The Morgan fingerprint density at radius 1 is 0.675 bits per heavy atom. The van der Waals surface area contributed by atoms with E-state index in [-0.39, 0.29) is 42.4 Å². The van der Waals surface area contributed by atoms with E-state index in [1.54, 1.807) is 31.4 Å². The first-order valence-electron chi connectivity index (χ1n) is 13.7. The molecule has 4 aromatic rings. The summed E-state index contributed by atoms with van der Waals surface area (Å²) in [6, 6.07) is 35.0. The van der Waals surface area contributed by atoms with Crippen LogP contribution in [-0.4, -0.2) is 38.4 Å². The maximum atomic E-state index is 12.7. The van der Waals surface area contributed by atoms with E-state index >= 15 is 0 Å². The van der Waals surface area contributed by atoms with Crippen LogP contribution in [0.5, 0.6) is 0 Å². The molecule has 40 heavy (non-hydrogen) atoms. The highest BCUT2D eigenvalue weighted by atomic mass is 16.5. The van der Waals surface area contributed by atoms with Crippen molar-refractivity contribution in [2.45, 2.75) is 19.4 Å². The Bertz CT molecular complexity index is 1400. The van der Waals surface area contributed by atoms with Crippen LogP contribution < -0.4 is 0 Å². The van der Waals surface area contributed by atoms with Gasteiger partial charge in [0.1, 0.15) is 0 Å². The topological polar surface area (TPSA) is 61.8 Å². The van der Waals surface area contributed by atoms with Gasteiger partial charge in [0, 0.05) is 13.0 Å². The van der Waals surface area contributed by atoms with Crippen molar-refractivity contribution in [1.29, 1.82) is 0 Å². The Labute approximate surface area is 235 Å². The van der Waals surface area contributed by atoms with Crippen molar-refractivity contribution in [3.8, 4) is 22.3 Å². The second kappa shape index (κ2) is 12.8. The molecule has 4 aromatic carbocycles. The Hall–Kier alpha value is -4.22. The molecule has 204 valence electrons. The van der Waals surface area contributed by atoms with Gasteiger partial charge in [0.2, 0.25) is 0 Å². The molecule has 0 spiro atoms. The molecule has 0 unspecified atom stereocenters. The molecular weight excluding hydrogens is 500 g/mol. The second-order valence-electron chi connectivity index (χ2n) is 10.4. The lowest BCUT2D eigenvalue weighted by molar-refractivity contribution is -0.00346. The van der Waals surface area contributed by atoms with Crippen LogP contribution in [0.1, 0.15) is 34.1 Å². The van der Waals surface area contributed by atoms with Gasteiger partial charge in [-0.2, -0.15) is 0 Å². The second-order valence-corrected chi connectivity index (χ2v) is 10.4. The fraction of sp³-hybridized carbons (Fsp3) is 0.257. The molecule has 0 saturated heterocycles. The van der Waals surface area contributed by atoms with Crippen LogP contribution in [-0.2, 0) is 14.2 Å². The molecule has 5 heteroatoms. The summed E-state index contributed by atoms with van der Waals surface area (Å²) in [5.74, 6) is -0.160. The molecule has 1 aliphatic rings. The van der Waals surface area contributed by atoms with Gasteiger partial charge in [-0.05, 0) is 64.8 Å². The molecule has 0 heterocycles. The van der Waals surface area contributed by atoms with E-state index in [9.17, 15) is 9.59 Å². The third-order valence-corrected chi connectivity index (χ3v) is 7.59. The average Bonchev–Trinajstić information content (AvgIpc) is 3.79. The summed E-state index contributed by atoms with van der Waals surface area (Å²) >= 11 is 0. The molecule has 1 aliphatic carbocycles. The number of rotatable bonds is 11. The number of methoxy groups -OCH3 is 1. The van der Waals surface area contributed by atoms with Crippen molar-refractivity contribution in [2.24, 2.45) is 17.8 Å². The Kier molecular flexibility index (Phi) is 8.72. The Balaban J connectivity index is 1.07. The number of ether oxygens (including phenoxy) is 3. The molecule has 5 nitrogen and oxygen atoms in total. The SMILES string of the molecule is CO[C@@H]([C@H]1C[C@@H]1COC(=O)c1ccc(-c2ccccc2)cc1)[C@H](C)COC(=O)c1ccc(-c2ccccc2)cc1. The van der Waals surface area contributed by atoms with Crippen molar-refractivity contribution in [3.63, 3.8) is 0 Å². The summed E-state index contributed by atoms with van der Waals surface area (Å²) in [5, 5.41) is 0. The average molecular weight is 535 g/mol. The fourth-order valence-electron chi connectivity index (χ4n) is 5.20. The van der Waals surface area contributed by atoms with E-state index in [2.05, 4.69) is 0 Å². The largest absolute Gasteiger partial charge is 0.462 e. The van der Waals surface area contributed by atoms with Crippen LogP contribution in [0, 0.1) is 17.8 Å². The first-order chi connectivity index (χ1) is 19.5. The number of carbonyl (C=O) groups is 2. The van der Waals surface area contributed by atoms with E-state index in [1.165, 1.54) is 0 Å². The van der Waals surface area contributed by atoms with Gasteiger partial charge in [-0.15, -0.1) is 0 Å². The van der Waals surface area contributed by atoms with Gasteiger partial charge in [-0.3, -0.25) is 0 Å². The zero-order valence-corrected chi connectivity index (χ0v) is 22.9. The zero-order valence-electron chi connectivity index (χ0n) is 22.9. The fourth-order valence-corrected chi connectivity index (χ4v) is 5.20. The van der Waals surface area contributed by atoms with Gasteiger partial charge in [-0.25, -0.2) is 9.59 Å². The van der Waals surface area contributed by atoms with Crippen molar-refractivity contribution >= 4 is 11.9 Å². The molecule has 0 bridgehead atoms. The lowest BCUT2D eigenvalue weighted by atomic mass is 10.00. The summed E-state index contributed by atoms with van der Waals surface area (Å²) in [7, 11) is 1.68. The molecule has 1 fully saturated rings. The standard InChI is InChI=1S/C35H34O5/c1-24(22-39-34(36)29-17-13-27(14-18-29)25-9-5-3-6-10-25)33(38-2)32-21-31(32)23-40-35(37)30-19-15-28(16-20-30)26-11-7-4-8-12-26/h3-20,24,31-33H,21-23H2,1-2H3/t24-,31-,32+,33-/m1/s1. The van der Waals surface area contributed by atoms with Crippen molar-refractivity contribution < 1.29 is 23.8 Å². The van der Waals surface area contributed by atoms with E-state index in [4.69, 9.17) is 14.2 Å². The lowest BCUT2D eigenvalue weighted by Gasteiger charge is -2.23. The van der Waals surface area contributed by atoms with E-state index in [0.717, 1.165) is 28.7 Å². The van der Waals surface area contributed by atoms with Gasteiger partial charge in [-0.1, -0.05) is 91.9 Å². The van der Waals surface area contributed by atoms with Crippen LogP contribution in [0.15, 0.2) is 109 Å². The number of hydrogen-bond donors (Lipinski definition) is 0. The third-order valence-electron chi connectivity index (χ3n) is 7.59. The molecule has 0 aromatic heterocycles. The van der Waals surface area contributed by atoms with E-state index in [1.807, 2.05) is 91.9 Å². The summed E-state index contributed by atoms with van der Waals surface area (Å²) in [5.41, 5.74) is 5.38. The monoisotopic (exact) mass is 534 g/mol.